The summed E-state index contributed by atoms with van der Waals surface area (Å²) in [4.78, 5) is 20.9. The standard InChI is InChI=1S/C28H32N4O4S/c1-19-7-4-5-9-24(19)29-27(33)31(16-22-8-6-14-36-22)13-12-20-18-37-28-30-25(17-32(20)28)23-15-21(34-2)10-11-26(23)35-3/h4-5,7,9-11,15,17-18,22H,6,8,12-14,16H2,1-3H3,(H,29,33). The van der Waals surface area contributed by atoms with E-state index in [1.807, 2.05) is 60.5 Å². The number of nitrogens with zero attached hydrogens (tertiary/aromatic N) is 3. The number of ether oxygens (including phenoxy) is 3. The number of hydrogen-bond donors (Lipinski definition) is 1. The van der Waals surface area contributed by atoms with E-state index in [1.54, 1.807) is 25.6 Å². The molecular formula is C28H32N4O4S. The third kappa shape index (κ3) is 5.57. The molecule has 2 amide bonds. The summed E-state index contributed by atoms with van der Waals surface area (Å²) < 4.78 is 18.9. The Morgan fingerprint density at radius 2 is 2.11 bits per heavy atom. The number of rotatable bonds is 9. The molecule has 0 radical (unpaired) electrons. The minimum atomic E-state index is -0.108. The van der Waals surface area contributed by atoms with Crippen molar-refractivity contribution in [3.63, 3.8) is 0 Å². The summed E-state index contributed by atoms with van der Waals surface area (Å²) in [6.07, 6.45) is 4.80. The SMILES string of the molecule is COc1ccc(OC)c(-c2cn3c(CCN(CC4CCCO4)C(=O)Nc4ccccc4C)csc3n2)c1. The van der Waals surface area contributed by atoms with E-state index in [1.165, 1.54) is 0 Å². The fourth-order valence-corrected chi connectivity index (χ4v) is 5.53. The molecule has 5 rings (SSSR count). The molecule has 3 heterocycles. The van der Waals surface area contributed by atoms with Crippen molar-refractivity contribution >= 4 is 28.0 Å². The van der Waals surface area contributed by atoms with Gasteiger partial charge in [-0.15, -0.1) is 11.3 Å². The molecule has 2 aromatic carbocycles. The zero-order valence-corrected chi connectivity index (χ0v) is 22.2. The summed E-state index contributed by atoms with van der Waals surface area (Å²) in [6, 6.07) is 13.4. The lowest BCUT2D eigenvalue weighted by Gasteiger charge is -2.26. The smallest absolute Gasteiger partial charge is 0.321 e. The predicted octanol–water partition coefficient (Wildman–Crippen LogP) is 5.64. The van der Waals surface area contributed by atoms with Crippen molar-refractivity contribution in [3.8, 4) is 22.8 Å². The van der Waals surface area contributed by atoms with Gasteiger partial charge < -0.3 is 24.4 Å². The average molecular weight is 521 g/mol. The van der Waals surface area contributed by atoms with Gasteiger partial charge in [-0.3, -0.25) is 4.40 Å². The molecule has 8 nitrogen and oxygen atoms in total. The normalized spacial score (nSPS) is 15.2. The van der Waals surface area contributed by atoms with Gasteiger partial charge in [-0.2, -0.15) is 0 Å². The van der Waals surface area contributed by atoms with Crippen LogP contribution in [0.25, 0.3) is 16.2 Å². The number of fused-ring (bicyclic) bond motifs is 1. The van der Waals surface area contributed by atoms with Crippen LogP contribution < -0.4 is 14.8 Å². The van der Waals surface area contributed by atoms with Crippen LogP contribution in [0.5, 0.6) is 11.5 Å². The summed E-state index contributed by atoms with van der Waals surface area (Å²) in [5, 5.41) is 5.20. The van der Waals surface area contributed by atoms with Crippen LogP contribution in [0.1, 0.15) is 24.1 Å². The molecule has 4 aromatic rings. The molecule has 1 aliphatic heterocycles. The van der Waals surface area contributed by atoms with Crippen molar-refractivity contribution in [2.24, 2.45) is 0 Å². The van der Waals surface area contributed by atoms with Gasteiger partial charge in [0.1, 0.15) is 11.5 Å². The fraction of sp³-hybridized carbons (Fsp3) is 0.357. The topological polar surface area (TPSA) is 77.3 Å². The van der Waals surface area contributed by atoms with E-state index in [9.17, 15) is 4.79 Å². The Morgan fingerprint density at radius 3 is 2.86 bits per heavy atom. The third-order valence-electron chi connectivity index (χ3n) is 6.73. The minimum absolute atomic E-state index is 0.0745. The number of hydrogen-bond acceptors (Lipinski definition) is 6. The maximum atomic E-state index is 13.3. The molecule has 1 aliphatic rings. The Bertz CT molecular complexity index is 1380. The van der Waals surface area contributed by atoms with Crippen LogP contribution >= 0.6 is 11.3 Å². The highest BCUT2D eigenvalue weighted by Crippen LogP contribution is 2.34. The molecule has 0 aliphatic carbocycles. The quantitative estimate of drug-likeness (QED) is 0.309. The van der Waals surface area contributed by atoms with Crippen LogP contribution in [0, 0.1) is 6.92 Å². The highest BCUT2D eigenvalue weighted by molar-refractivity contribution is 7.15. The van der Waals surface area contributed by atoms with Gasteiger partial charge in [0, 0.05) is 54.6 Å². The number of para-hydroxylation sites is 1. The summed E-state index contributed by atoms with van der Waals surface area (Å²) >= 11 is 1.59. The first-order valence-electron chi connectivity index (χ1n) is 12.5. The maximum Gasteiger partial charge on any atom is 0.321 e. The number of nitrogens with one attached hydrogen (secondary N) is 1. The van der Waals surface area contributed by atoms with Crippen molar-refractivity contribution in [1.82, 2.24) is 14.3 Å². The monoisotopic (exact) mass is 520 g/mol. The van der Waals surface area contributed by atoms with Gasteiger partial charge >= 0.3 is 6.03 Å². The first-order valence-corrected chi connectivity index (χ1v) is 13.3. The Morgan fingerprint density at radius 1 is 1.24 bits per heavy atom. The van der Waals surface area contributed by atoms with E-state index in [2.05, 4.69) is 15.1 Å². The van der Waals surface area contributed by atoms with Crippen LogP contribution in [0.2, 0.25) is 0 Å². The molecule has 1 N–H and O–H groups in total. The highest BCUT2D eigenvalue weighted by Gasteiger charge is 2.23. The molecule has 0 bridgehead atoms. The Labute approximate surface area is 220 Å². The van der Waals surface area contributed by atoms with E-state index < -0.39 is 0 Å². The highest BCUT2D eigenvalue weighted by atomic mass is 32.1. The molecule has 1 fully saturated rings. The fourth-order valence-electron chi connectivity index (χ4n) is 4.62. The largest absolute Gasteiger partial charge is 0.497 e. The van der Waals surface area contributed by atoms with Gasteiger partial charge in [0.2, 0.25) is 0 Å². The summed E-state index contributed by atoms with van der Waals surface area (Å²) in [5.41, 5.74) is 4.65. The van der Waals surface area contributed by atoms with E-state index >= 15 is 0 Å². The second kappa shape index (κ2) is 11.2. The summed E-state index contributed by atoms with van der Waals surface area (Å²) in [5.74, 6) is 1.49. The first-order chi connectivity index (χ1) is 18.1. The minimum Gasteiger partial charge on any atom is -0.497 e. The number of urea groups is 1. The van der Waals surface area contributed by atoms with Crippen LogP contribution in [-0.2, 0) is 11.2 Å². The van der Waals surface area contributed by atoms with Gasteiger partial charge in [0.25, 0.3) is 0 Å². The Balaban J connectivity index is 1.35. The van der Waals surface area contributed by atoms with Crippen molar-refractivity contribution in [1.29, 1.82) is 0 Å². The number of benzene rings is 2. The Hall–Kier alpha value is -3.56. The lowest BCUT2D eigenvalue weighted by atomic mass is 10.1. The number of carbonyl (C=O) groups is 1. The molecule has 0 saturated carbocycles. The molecule has 37 heavy (non-hydrogen) atoms. The molecule has 9 heteroatoms. The number of thiazole rings is 1. The Kier molecular flexibility index (Phi) is 7.62. The van der Waals surface area contributed by atoms with E-state index in [4.69, 9.17) is 19.2 Å². The lowest BCUT2D eigenvalue weighted by Crippen LogP contribution is -2.41. The van der Waals surface area contributed by atoms with Crippen LogP contribution in [0.3, 0.4) is 0 Å². The van der Waals surface area contributed by atoms with E-state index in [0.717, 1.165) is 64.1 Å². The van der Waals surface area contributed by atoms with Gasteiger partial charge in [0.15, 0.2) is 4.96 Å². The zero-order chi connectivity index (χ0) is 25.8. The number of aromatic nitrogens is 2. The van der Waals surface area contributed by atoms with E-state index in [0.29, 0.717) is 19.5 Å². The summed E-state index contributed by atoms with van der Waals surface area (Å²) in [7, 11) is 3.30. The number of aryl methyl sites for hydroxylation is 1. The number of amides is 2. The third-order valence-corrected chi connectivity index (χ3v) is 7.61. The first kappa shape index (κ1) is 25.1. The average Bonchev–Trinajstić information content (AvgIpc) is 3.66. The van der Waals surface area contributed by atoms with Crippen molar-refractivity contribution < 1.29 is 19.0 Å². The van der Waals surface area contributed by atoms with Gasteiger partial charge in [-0.25, -0.2) is 9.78 Å². The van der Waals surface area contributed by atoms with E-state index in [-0.39, 0.29) is 12.1 Å². The van der Waals surface area contributed by atoms with Crippen molar-refractivity contribution in [3.05, 3.63) is 65.3 Å². The number of methoxy groups -OCH3 is 2. The van der Waals surface area contributed by atoms with Crippen molar-refractivity contribution in [2.75, 3.05) is 39.2 Å². The molecule has 1 unspecified atom stereocenters. The maximum absolute atomic E-state index is 13.3. The second-order valence-corrected chi connectivity index (χ2v) is 9.98. The molecular weight excluding hydrogens is 488 g/mol. The molecule has 0 spiro atoms. The number of imidazole rings is 1. The molecule has 1 saturated heterocycles. The number of carbonyl (C=O) groups excluding carboxylic acids is 1. The zero-order valence-electron chi connectivity index (χ0n) is 21.4. The van der Waals surface area contributed by atoms with Crippen LogP contribution in [0.15, 0.2) is 54.0 Å². The predicted molar refractivity (Wildman–Crippen MR) is 146 cm³/mol. The number of anilines is 1. The van der Waals surface area contributed by atoms with Gasteiger partial charge in [0.05, 0.1) is 26.0 Å². The van der Waals surface area contributed by atoms with Crippen LogP contribution in [0.4, 0.5) is 10.5 Å². The molecule has 2 aromatic heterocycles. The van der Waals surface area contributed by atoms with Gasteiger partial charge in [-0.05, 0) is 49.6 Å². The lowest BCUT2D eigenvalue weighted by molar-refractivity contribution is 0.0838. The summed E-state index contributed by atoms with van der Waals surface area (Å²) in [6.45, 7) is 3.89. The molecule has 194 valence electrons. The second-order valence-electron chi connectivity index (χ2n) is 9.15. The molecule has 1 atom stereocenters. The van der Waals surface area contributed by atoms with Crippen molar-refractivity contribution in [2.45, 2.75) is 32.3 Å². The van der Waals surface area contributed by atoms with Gasteiger partial charge in [-0.1, -0.05) is 18.2 Å². The van der Waals surface area contributed by atoms with Crippen LogP contribution in [-0.4, -0.2) is 60.3 Å².